The van der Waals surface area contributed by atoms with E-state index in [1.807, 2.05) is 0 Å². The standard InChI is InChI=1S/C8H10BrF2N3O2S/c9-6-1-7(3-13-2-6)17(15,16)14-5-8(10,11)4-12/h1-3,14H,4-5,12H2. The van der Waals surface area contributed by atoms with Crippen LogP contribution in [0.25, 0.3) is 0 Å². The third kappa shape index (κ3) is 4.26. The van der Waals surface area contributed by atoms with E-state index in [2.05, 4.69) is 20.9 Å². The first-order chi connectivity index (χ1) is 7.77. The molecule has 96 valence electrons. The highest BCUT2D eigenvalue weighted by Gasteiger charge is 2.29. The van der Waals surface area contributed by atoms with Crippen LogP contribution in [0.3, 0.4) is 0 Å². The molecule has 1 heterocycles. The lowest BCUT2D eigenvalue weighted by Gasteiger charge is -2.14. The molecule has 3 N–H and O–H groups in total. The minimum atomic E-state index is -4.00. The number of nitrogens with zero attached hydrogens (tertiary/aromatic N) is 1. The summed E-state index contributed by atoms with van der Waals surface area (Å²) in [7, 11) is -4.00. The number of hydrogen-bond donors (Lipinski definition) is 2. The first-order valence-electron chi connectivity index (χ1n) is 4.45. The predicted molar refractivity (Wildman–Crippen MR) is 61.1 cm³/mol. The highest BCUT2D eigenvalue weighted by Crippen LogP contribution is 2.15. The van der Waals surface area contributed by atoms with Gasteiger partial charge in [0.05, 0.1) is 13.1 Å². The zero-order chi connectivity index (χ0) is 13.1. The molecule has 1 rings (SSSR count). The molecule has 0 saturated carbocycles. The summed E-state index contributed by atoms with van der Waals surface area (Å²) in [5, 5.41) is 0. The Morgan fingerprint density at radius 3 is 2.65 bits per heavy atom. The highest BCUT2D eigenvalue weighted by molar-refractivity contribution is 9.10. The minimum Gasteiger partial charge on any atom is -0.325 e. The van der Waals surface area contributed by atoms with Gasteiger partial charge < -0.3 is 5.73 Å². The van der Waals surface area contributed by atoms with E-state index in [0.717, 1.165) is 6.20 Å². The highest BCUT2D eigenvalue weighted by atomic mass is 79.9. The Hall–Kier alpha value is -0.640. The van der Waals surface area contributed by atoms with E-state index in [0.29, 0.717) is 4.47 Å². The normalized spacial score (nSPS) is 12.7. The lowest BCUT2D eigenvalue weighted by molar-refractivity contribution is 0.0170. The molecule has 0 aliphatic heterocycles. The lowest BCUT2D eigenvalue weighted by atomic mass is 10.3. The van der Waals surface area contributed by atoms with Crippen LogP contribution in [0.5, 0.6) is 0 Å². The topological polar surface area (TPSA) is 85.1 Å². The average molecular weight is 330 g/mol. The fraction of sp³-hybridized carbons (Fsp3) is 0.375. The van der Waals surface area contributed by atoms with Gasteiger partial charge in [0.2, 0.25) is 10.0 Å². The molecule has 0 atom stereocenters. The quantitative estimate of drug-likeness (QED) is 0.833. The molecule has 0 aliphatic rings. The van der Waals surface area contributed by atoms with E-state index in [1.54, 1.807) is 4.72 Å². The van der Waals surface area contributed by atoms with Crippen LogP contribution >= 0.6 is 15.9 Å². The van der Waals surface area contributed by atoms with Crippen molar-refractivity contribution in [3.63, 3.8) is 0 Å². The van der Waals surface area contributed by atoms with E-state index < -0.39 is 29.0 Å². The molecule has 0 saturated heterocycles. The van der Waals surface area contributed by atoms with Crippen LogP contribution < -0.4 is 10.5 Å². The number of hydrogen-bond acceptors (Lipinski definition) is 4. The van der Waals surface area contributed by atoms with Gasteiger partial charge in [0.1, 0.15) is 4.90 Å². The van der Waals surface area contributed by atoms with Gasteiger partial charge in [-0.2, -0.15) is 0 Å². The summed E-state index contributed by atoms with van der Waals surface area (Å²) in [4.78, 5) is 3.44. The maximum atomic E-state index is 12.8. The minimum absolute atomic E-state index is 0.195. The SMILES string of the molecule is NCC(F)(F)CNS(=O)(=O)c1cncc(Br)c1. The number of nitrogens with two attached hydrogens (primary N) is 1. The van der Waals surface area contributed by atoms with E-state index in [-0.39, 0.29) is 4.90 Å². The summed E-state index contributed by atoms with van der Waals surface area (Å²) in [6, 6.07) is 1.26. The first kappa shape index (κ1) is 14.4. The van der Waals surface area contributed by atoms with E-state index in [4.69, 9.17) is 5.73 Å². The fourth-order valence-electron chi connectivity index (χ4n) is 0.895. The molecule has 0 amide bonds. The molecule has 1 aromatic heterocycles. The molecule has 0 spiro atoms. The number of pyridine rings is 1. The van der Waals surface area contributed by atoms with Crippen molar-refractivity contribution in [1.29, 1.82) is 0 Å². The van der Waals surface area contributed by atoms with Crippen molar-refractivity contribution in [2.45, 2.75) is 10.8 Å². The summed E-state index contributed by atoms with van der Waals surface area (Å²) in [6.07, 6.45) is 2.45. The largest absolute Gasteiger partial charge is 0.325 e. The summed E-state index contributed by atoms with van der Waals surface area (Å²) in [5.74, 6) is -3.27. The third-order valence-corrected chi connectivity index (χ3v) is 3.61. The van der Waals surface area contributed by atoms with Crippen LogP contribution in [-0.4, -0.2) is 32.4 Å². The van der Waals surface area contributed by atoms with Crippen molar-refractivity contribution in [3.05, 3.63) is 22.9 Å². The smallest absolute Gasteiger partial charge is 0.273 e. The van der Waals surface area contributed by atoms with Gasteiger partial charge in [0.25, 0.3) is 5.92 Å². The second kappa shape index (κ2) is 5.34. The summed E-state index contributed by atoms with van der Waals surface area (Å²) >= 11 is 3.04. The van der Waals surface area contributed by atoms with Crippen LogP contribution in [0.15, 0.2) is 27.8 Å². The molecule has 1 aromatic rings. The van der Waals surface area contributed by atoms with Gasteiger partial charge in [-0.1, -0.05) is 0 Å². The molecular weight excluding hydrogens is 320 g/mol. The van der Waals surface area contributed by atoms with E-state index in [9.17, 15) is 17.2 Å². The van der Waals surface area contributed by atoms with Gasteiger partial charge in [-0.15, -0.1) is 0 Å². The third-order valence-electron chi connectivity index (χ3n) is 1.81. The maximum Gasteiger partial charge on any atom is 0.273 e. The monoisotopic (exact) mass is 329 g/mol. The number of sulfonamides is 1. The predicted octanol–water partition coefficient (Wildman–Crippen LogP) is 0.716. The molecule has 0 unspecified atom stereocenters. The average Bonchev–Trinajstić information content (AvgIpc) is 2.27. The number of aromatic nitrogens is 1. The van der Waals surface area contributed by atoms with Crippen molar-refractivity contribution in [1.82, 2.24) is 9.71 Å². The zero-order valence-electron chi connectivity index (χ0n) is 8.53. The van der Waals surface area contributed by atoms with E-state index in [1.165, 1.54) is 12.3 Å². The molecule has 0 aromatic carbocycles. The second-order valence-corrected chi connectivity index (χ2v) is 5.91. The number of nitrogens with one attached hydrogen (secondary N) is 1. The van der Waals surface area contributed by atoms with Crippen LogP contribution in [-0.2, 0) is 10.0 Å². The van der Waals surface area contributed by atoms with Crippen molar-refractivity contribution in [2.75, 3.05) is 13.1 Å². The Morgan fingerprint density at radius 2 is 2.12 bits per heavy atom. The second-order valence-electron chi connectivity index (χ2n) is 3.22. The number of rotatable bonds is 5. The summed E-state index contributed by atoms with van der Waals surface area (Å²) < 4.78 is 51.0. The van der Waals surface area contributed by atoms with Gasteiger partial charge >= 0.3 is 0 Å². The van der Waals surface area contributed by atoms with Crippen molar-refractivity contribution < 1.29 is 17.2 Å². The van der Waals surface area contributed by atoms with Gasteiger partial charge in [0.15, 0.2) is 0 Å². The van der Waals surface area contributed by atoms with Crippen LogP contribution in [0.1, 0.15) is 0 Å². The molecule has 0 bridgehead atoms. The molecule has 0 radical (unpaired) electrons. The lowest BCUT2D eigenvalue weighted by Crippen LogP contribution is -2.41. The van der Waals surface area contributed by atoms with Gasteiger partial charge in [0, 0.05) is 16.9 Å². The Kier molecular flexibility index (Phi) is 4.53. The first-order valence-corrected chi connectivity index (χ1v) is 6.72. The molecule has 0 fully saturated rings. The molecular formula is C8H10BrF2N3O2S. The number of halogens is 3. The van der Waals surface area contributed by atoms with Gasteiger partial charge in [-0.25, -0.2) is 21.9 Å². The van der Waals surface area contributed by atoms with Crippen LogP contribution in [0, 0.1) is 0 Å². The summed E-state index contributed by atoms with van der Waals surface area (Å²) in [5.41, 5.74) is 4.79. The maximum absolute atomic E-state index is 12.8. The molecule has 5 nitrogen and oxygen atoms in total. The fourth-order valence-corrected chi connectivity index (χ4v) is 2.46. The molecule has 9 heteroatoms. The van der Waals surface area contributed by atoms with Crippen molar-refractivity contribution >= 4 is 26.0 Å². The Morgan fingerprint density at radius 1 is 1.47 bits per heavy atom. The van der Waals surface area contributed by atoms with Crippen molar-refractivity contribution in [2.24, 2.45) is 5.73 Å². The van der Waals surface area contributed by atoms with E-state index >= 15 is 0 Å². The van der Waals surface area contributed by atoms with Gasteiger partial charge in [-0.05, 0) is 22.0 Å². The Balaban J connectivity index is 2.83. The Bertz CT molecular complexity index is 495. The van der Waals surface area contributed by atoms with Crippen molar-refractivity contribution in [3.8, 4) is 0 Å². The van der Waals surface area contributed by atoms with Gasteiger partial charge in [-0.3, -0.25) is 4.98 Å². The summed E-state index contributed by atoms with van der Waals surface area (Å²) in [6.45, 7) is -1.97. The van der Waals surface area contributed by atoms with Crippen LogP contribution in [0.2, 0.25) is 0 Å². The van der Waals surface area contributed by atoms with Crippen LogP contribution in [0.4, 0.5) is 8.78 Å². The molecule has 17 heavy (non-hydrogen) atoms. The Labute approximate surface area is 106 Å². The molecule has 0 aliphatic carbocycles. The number of alkyl halides is 2. The zero-order valence-corrected chi connectivity index (χ0v) is 10.9.